The second-order valence-electron chi connectivity index (χ2n) is 5.64. The largest absolute Gasteiger partial charge is 0.359 e. The predicted octanol–water partition coefficient (Wildman–Crippen LogP) is 1.89. The van der Waals surface area contributed by atoms with Gasteiger partial charge in [0.05, 0.1) is 6.54 Å². The van der Waals surface area contributed by atoms with Crippen LogP contribution in [-0.4, -0.2) is 43.3 Å². The first-order valence-electron chi connectivity index (χ1n) is 7.70. The molecule has 0 bridgehead atoms. The molecular weight excluding hydrogens is 264 g/mol. The molecule has 0 saturated carbocycles. The van der Waals surface area contributed by atoms with Crippen molar-refractivity contribution in [3.63, 3.8) is 0 Å². The number of ketones is 1. The quantitative estimate of drug-likeness (QED) is 0.842. The van der Waals surface area contributed by atoms with E-state index < -0.39 is 0 Å². The monoisotopic (exact) mass is 288 g/mol. The van der Waals surface area contributed by atoms with Crippen LogP contribution in [0.2, 0.25) is 0 Å². The summed E-state index contributed by atoms with van der Waals surface area (Å²) in [4.78, 5) is 26.0. The molecule has 4 heteroatoms. The topological polar surface area (TPSA) is 49.4 Å². The van der Waals surface area contributed by atoms with Crippen molar-refractivity contribution in [1.29, 1.82) is 0 Å². The van der Waals surface area contributed by atoms with Crippen LogP contribution in [0.3, 0.4) is 0 Å². The smallest absolute Gasteiger partial charge is 0.222 e. The van der Waals surface area contributed by atoms with Crippen molar-refractivity contribution >= 4 is 11.7 Å². The van der Waals surface area contributed by atoms with Gasteiger partial charge in [-0.1, -0.05) is 31.2 Å². The van der Waals surface area contributed by atoms with E-state index in [0.29, 0.717) is 6.54 Å². The number of piperidine rings is 1. The Morgan fingerprint density at radius 3 is 2.33 bits per heavy atom. The molecule has 21 heavy (non-hydrogen) atoms. The average molecular weight is 288 g/mol. The van der Waals surface area contributed by atoms with Crippen LogP contribution in [0.4, 0.5) is 0 Å². The molecule has 1 N–H and O–H groups in total. The fourth-order valence-corrected chi connectivity index (χ4v) is 2.78. The minimum absolute atomic E-state index is 0.102. The minimum atomic E-state index is 0.102. The number of likely N-dealkylation sites (tertiary alicyclic amines) is 1. The molecule has 1 aromatic rings. The normalized spacial score (nSPS) is 16.7. The third-order valence-corrected chi connectivity index (χ3v) is 4.26. The Balaban J connectivity index is 1.85. The van der Waals surface area contributed by atoms with Crippen molar-refractivity contribution in [3.8, 4) is 0 Å². The Morgan fingerprint density at radius 2 is 1.81 bits per heavy atom. The molecule has 1 aromatic carbocycles. The van der Waals surface area contributed by atoms with Gasteiger partial charge in [-0.2, -0.15) is 0 Å². The van der Waals surface area contributed by atoms with Crippen LogP contribution in [0.5, 0.6) is 0 Å². The first-order valence-corrected chi connectivity index (χ1v) is 7.70. The molecule has 1 fully saturated rings. The molecular formula is C17H24N2O2. The molecule has 0 atom stereocenters. The van der Waals surface area contributed by atoms with E-state index >= 15 is 0 Å². The number of Topliss-reactive ketones (excluding diaryl/α,β-unsaturated/α-hetero) is 1. The van der Waals surface area contributed by atoms with E-state index in [-0.39, 0.29) is 17.6 Å². The number of aryl methyl sites for hydroxylation is 1. The molecule has 114 valence electrons. The van der Waals surface area contributed by atoms with E-state index in [1.54, 1.807) is 7.05 Å². The summed E-state index contributed by atoms with van der Waals surface area (Å²) in [6, 6.07) is 7.87. The van der Waals surface area contributed by atoms with Gasteiger partial charge in [0.25, 0.3) is 0 Å². The predicted molar refractivity (Wildman–Crippen MR) is 83.4 cm³/mol. The minimum Gasteiger partial charge on any atom is -0.359 e. The second-order valence-corrected chi connectivity index (χ2v) is 5.64. The Labute approximate surface area is 126 Å². The third-order valence-electron chi connectivity index (χ3n) is 4.26. The highest BCUT2D eigenvalue weighted by atomic mass is 16.1. The Bertz CT molecular complexity index is 488. The Kier molecular flexibility index (Phi) is 5.51. The number of nitrogens with one attached hydrogen (secondary N) is 1. The fourth-order valence-electron chi connectivity index (χ4n) is 2.78. The zero-order valence-electron chi connectivity index (χ0n) is 12.9. The summed E-state index contributed by atoms with van der Waals surface area (Å²) in [5, 5.41) is 2.70. The van der Waals surface area contributed by atoms with Crippen molar-refractivity contribution in [2.45, 2.75) is 26.2 Å². The molecule has 0 spiro atoms. The van der Waals surface area contributed by atoms with Crippen molar-refractivity contribution < 1.29 is 9.59 Å². The molecule has 1 amide bonds. The lowest BCUT2D eigenvalue weighted by atomic mass is 9.95. The highest BCUT2D eigenvalue weighted by Gasteiger charge is 2.25. The van der Waals surface area contributed by atoms with Crippen LogP contribution in [0.1, 0.15) is 35.7 Å². The molecule has 2 rings (SSSR count). The molecule has 0 radical (unpaired) electrons. The fraction of sp³-hybridized carbons (Fsp3) is 0.529. The van der Waals surface area contributed by atoms with Gasteiger partial charge in [-0.05, 0) is 37.9 Å². The average Bonchev–Trinajstić information content (AvgIpc) is 2.55. The van der Waals surface area contributed by atoms with Gasteiger partial charge in [-0.15, -0.1) is 0 Å². The number of rotatable bonds is 5. The van der Waals surface area contributed by atoms with Gasteiger partial charge >= 0.3 is 0 Å². The van der Waals surface area contributed by atoms with Gasteiger partial charge in [0, 0.05) is 18.5 Å². The summed E-state index contributed by atoms with van der Waals surface area (Å²) < 4.78 is 0. The highest BCUT2D eigenvalue weighted by molar-refractivity contribution is 5.97. The van der Waals surface area contributed by atoms with Gasteiger partial charge in [-0.25, -0.2) is 0 Å². The third kappa shape index (κ3) is 4.14. The highest BCUT2D eigenvalue weighted by Crippen LogP contribution is 2.17. The summed E-state index contributed by atoms with van der Waals surface area (Å²) in [5.74, 6) is 0.386. The second kappa shape index (κ2) is 7.36. The van der Waals surface area contributed by atoms with Crippen molar-refractivity contribution in [2.75, 3.05) is 26.7 Å². The Morgan fingerprint density at radius 1 is 1.19 bits per heavy atom. The molecule has 1 aliphatic heterocycles. The SMILES string of the molecule is CCc1ccc(C(=O)CN2CCC(C(=O)NC)CC2)cc1. The number of carbonyl (C=O) groups excluding carboxylic acids is 2. The first kappa shape index (κ1) is 15.7. The van der Waals surface area contributed by atoms with Gasteiger partial charge < -0.3 is 5.32 Å². The number of hydrogen-bond acceptors (Lipinski definition) is 3. The summed E-state index contributed by atoms with van der Waals surface area (Å²) in [6.07, 6.45) is 2.66. The molecule has 0 aliphatic carbocycles. The van der Waals surface area contributed by atoms with E-state index in [2.05, 4.69) is 17.1 Å². The van der Waals surface area contributed by atoms with Crippen LogP contribution in [0, 0.1) is 5.92 Å². The molecule has 4 nitrogen and oxygen atoms in total. The number of nitrogens with zero attached hydrogens (tertiary/aromatic N) is 1. The van der Waals surface area contributed by atoms with Crippen LogP contribution in [-0.2, 0) is 11.2 Å². The first-order chi connectivity index (χ1) is 10.1. The molecule has 0 aromatic heterocycles. The van der Waals surface area contributed by atoms with Crippen LogP contribution >= 0.6 is 0 Å². The lowest BCUT2D eigenvalue weighted by Gasteiger charge is -2.30. The van der Waals surface area contributed by atoms with Gasteiger partial charge in [-0.3, -0.25) is 14.5 Å². The summed E-state index contributed by atoms with van der Waals surface area (Å²) >= 11 is 0. The Hall–Kier alpha value is -1.68. The van der Waals surface area contributed by atoms with Gasteiger partial charge in [0.2, 0.25) is 5.91 Å². The zero-order valence-corrected chi connectivity index (χ0v) is 12.9. The number of benzene rings is 1. The standard InChI is InChI=1S/C17H24N2O2/c1-3-13-4-6-14(7-5-13)16(20)12-19-10-8-15(9-11-19)17(21)18-2/h4-7,15H,3,8-12H2,1-2H3,(H,18,21). The van der Waals surface area contributed by atoms with Gasteiger partial charge in [0.1, 0.15) is 0 Å². The van der Waals surface area contributed by atoms with E-state index in [4.69, 9.17) is 0 Å². The van der Waals surface area contributed by atoms with Gasteiger partial charge in [0.15, 0.2) is 5.78 Å². The van der Waals surface area contributed by atoms with E-state index in [9.17, 15) is 9.59 Å². The van der Waals surface area contributed by atoms with Crippen molar-refractivity contribution in [3.05, 3.63) is 35.4 Å². The van der Waals surface area contributed by atoms with Crippen molar-refractivity contribution in [1.82, 2.24) is 10.2 Å². The number of carbonyl (C=O) groups is 2. The van der Waals surface area contributed by atoms with Crippen molar-refractivity contribution in [2.24, 2.45) is 5.92 Å². The molecule has 1 saturated heterocycles. The molecule has 1 heterocycles. The molecule has 1 aliphatic rings. The maximum atomic E-state index is 12.3. The van der Waals surface area contributed by atoms with E-state index in [0.717, 1.165) is 37.9 Å². The number of hydrogen-bond donors (Lipinski definition) is 1. The number of amides is 1. The molecule has 0 unspecified atom stereocenters. The summed E-state index contributed by atoms with van der Waals surface area (Å²) in [5.41, 5.74) is 2.03. The summed E-state index contributed by atoms with van der Waals surface area (Å²) in [7, 11) is 1.68. The van der Waals surface area contributed by atoms with Crippen LogP contribution < -0.4 is 5.32 Å². The lowest BCUT2D eigenvalue weighted by Crippen LogP contribution is -2.41. The van der Waals surface area contributed by atoms with Crippen LogP contribution in [0.15, 0.2) is 24.3 Å². The zero-order chi connectivity index (χ0) is 15.2. The lowest BCUT2D eigenvalue weighted by molar-refractivity contribution is -0.125. The summed E-state index contributed by atoms with van der Waals surface area (Å²) in [6.45, 7) is 4.19. The van der Waals surface area contributed by atoms with Crippen LogP contribution in [0.25, 0.3) is 0 Å². The maximum absolute atomic E-state index is 12.3. The van der Waals surface area contributed by atoms with E-state index in [1.807, 2.05) is 24.3 Å². The maximum Gasteiger partial charge on any atom is 0.222 e. The van der Waals surface area contributed by atoms with E-state index in [1.165, 1.54) is 5.56 Å².